The summed E-state index contributed by atoms with van der Waals surface area (Å²) in [5.74, 6) is 0.474. The number of aromatic nitrogens is 2. The Labute approximate surface area is 150 Å². The van der Waals surface area contributed by atoms with E-state index in [9.17, 15) is 9.18 Å². The number of carbonyl (C=O) groups is 1. The molecule has 0 bridgehead atoms. The molecular formula is C19H18FN3O3. The van der Waals surface area contributed by atoms with Crippen LogP contribution in [0.3, 0.4) is 0 Å². The van der Waals surface area contributed by atoms with Crippen LogP contribution in [0.1, 0.15) is 15.9 Å². The molecule has 6 nitrogen and oxygen atoms in total. The van der Waals surface area contributed by atoms with Gasteiger partial charge in [0.2, 0.25) is 0 Å². The molecular weight excluding hydrogens is 337 g/mol. The van der Waals surface area contributed by atoms with Crippen molar-refractivity contribution in [2.75, 3.05) is 19.5 Å². The molecule has 0 unspecified atom stereocenters. The SMILES string of the molecule is COc1cc(OC)cc(C(=O)Nc2cnn(Cc3ccc(F)cc3)c2)c1. The van der Waals surface area contributed by atoms with Crippen LogP contribution in [-0.4, -0.2) is 29.9 Å². The van der Waals surface area contributed by atoms with Gasteiger partial charge in [-0.3, -0.25) is 9.48 Å². The third kappa shape index (κ3) is 4.18. The van der Waals surface area contributed by atoms with E-state index in [1.54, 1.807) is 47.4 Å². The van der Waals surface area contributed by atoms with Gasteiger partial charge in [0, 0.05) is 17.8 Å². The predicted octanol–water partition coefficient (Wildman–Crippen LogP) is 3.34. The molecule has 0 aliphatic rings. The van der Waals surface area contributed by atoms with Crippen LogP contribution in [0.2, 0.25) is 0 Å². The second-order valence-electron chi connectivity index (χ2n) is 5.61. The molecule has 1 amide bonds. The normalized spacial score (nSPS) is 10.4. The van der Waals surface area contributed by atoms with E-state index in [4.69, 9.17) is 9.47 Å². The maximum absolute atomic E-state index is 13.0. The minimum absolute atomic E-state index is 0.282. The Bertz CT molecular complexity index is 884. The van der Waals surface area contributed by atoms with Gasteiger partial charge in [0.1, 0.15) is 17.3 Å². The molecule has 3 rings (SSSR count). The van der Waals surface area contributed by atoms with Crippen molar-refractivity contribution in [1.82, 2.24) is 9.78 Å². The highest BCUT2D eigenvalue weighted by atomic mass is 19.1. The van der Waals surface area contributed by atoms with Gasteiger partial charge in [0.25, 0.3) is 5.91 Å². The first-order valence-corrected chi connectivity index (χ1v) is 7.88. The number of amides is 1. The molecule has 0 aliphatic heterocycles. The summed E-state index contributed by atoms with van der Waals surface area (Å²) in [6.07, 6.45) is 3.26. The molecule has 0 saturated carbocycles. The molecule has 26 heavy (non-hydrogen) atoms. The van der Waals surface area contributed by atoms with Crippen molar-refractivity contribution in [3.8, 4) is 11.5 Å². The molecule has 1 heterocycles. The van der Waals surface area contributed by atoms with Gasteiger partial charge in [-0.2, -0.15) is 5.10 Å². The lowest BCUT2D eigenvalue weighted by Crippen LogP contribution is -2.11. The van der Waals surface area contributed by atoms with Crippen molar-refractivity contribution in [2.45, 2.75) is 6.54 Å². The number of nitrogens with zero attached hydrogens (tertiary/aromatic N) is 2. The third-order valence-corrected chi connectivity index (χ3v) is 3.76. The zero-order chi connectivity index (χ0) is 18.5. The minimum Gasteiger partial charge on any atom is -0.497 e. The summed E-state index contributed by atoms with van der Waals surface area (Å²) in [6.45, 7) is 0.475. The predicted molar refractivity (Wildman–Crippen MR) is 95.2 cm³/mol. The fraction of sp³-hybridized carbons (Fsp3) is 0.158. The van der Waals surface area contributed by atoms with Gasteiger partial charge in [-0.25, -0.2) is 4.39 Å². The first-order valence-electron chi connectivity index (χ1n) is 7.88. The maximum Gasteiger partial charge on any atom is 0.256 e. The molecule has 0 fully saturated rings. The van der Waals surface area contributed by atoms with Gasteiger partial charge >= 0.3 is 0 Å². The lowest BCUT2D eigenvalue weighted by Gasteiger charge is -2.08. The zero-order valence-electron chi connectivity index (χ0n) is 14.4. The lowest BCUT2D eigenvalue weighted by atomic mass is 10.2. The minimum atomic E-state index is -0.302. The number of methoxy groups -OCH3 is 2. The molecule has 0 atom stereocenters. The number of hydrogen-bond donors (Lipinski definition) is 1. The smallest absolute Gasteiger partial charge is 0.256 e. The van der Waals surface area contributed by atoms with Crippen molar-refractivity contribution < 1.29 is 18.7 Å². The van der Waals surface area contributed by atoms with Crippen LogP contribution < -0.4 is 14.8 Å². The van der Waals surface area contributed by atoms with Gasteiger partial charge in [-0.15, -0.1) is 0 Å². The largest absolute Gasteiger partial charge is 0.497 e. The molecule has 1 N–H and O–H groups in total. The summed E-state index contributed by atoms with van der Waals surface area (Å²) < 4.78 is 25.0. The third-order valence-electron chi connectivity index (χ3n) is 3.76. The van der Waals surface area contributed by atoms with Gasteiger partial charge in [0.05, 0.1) is 32.6 Å². The fourth-order valence-corrected chi connectivity index (χ4v) is 2.43. The van der Waals surface area contributed by atoms with E-state index in [0.717, 1.165) is 5.56 Å². The van der Waals surface area contributed by atoms with E-state index in [1.807, 2.05) is 0 Å². The summed E-state index contributed by atoms with van der Waals surface area (Å²) in [5, 5.41) is 6.99. The summed E-state index contributed by atoms with van der Waals surface area (Å²) in [5.41, 5.74) is 1.87. The van der Waals surface area contributed by atoms with Crippen LogP contribution in [0.25, 0.3) is 0 Å². The van der Waals surface area contributed by atoms with Crippen molar-refractivity contribution in [3.05, 3.63) is 71.8 Å². The zero-order valence-corrected chi connectivity index (χ0v) is 14.4. The molecule has 0 radical (unpaired) electrons. The van der Waals surface area contributed by atoms with Gasteiger partial charge in [-0.1, -0.05) is 12.1 Å². The van der Waals surface area contributed by atoms with Crippen LogP contribution in [-0.2, 0) is 6.54 Å². The van der Waals surface area contributed by atoms with Crippen molar-refractivity contribution in [3.63, 3.8) is 0 Å². The number of halogens is 1. The van der Waals surface area contributed by atoms with E-state index in [-0.39, 0.29) is 11.7 Å². The average Bonchev–Trinajstić information content (AvgIpc) is 3.09. The Balaban J connectivity index is 1.70. The Morgan fingerprint density at radius 3 is 2.38 bits per heavy atom. The number of rotatable bonds is 6. The Hall–Kier alpha value is -3.35. The van der Waals surface area contributed by atoms with E-state index >= 15 is 0 Å². The molecule has 134 valence electrons. The van der Waals surface area contributed by atoms with Crippen LogP contribution >= 0.6 is 0 Å². The monoisotopic (exact) mass is 355 g/mol. The first kappa shape index (κ1) is 17.5. The molecule has 1 aromatic heterocycles. The van der Waals surface area contributed by atoms with Crippen LogP contribution in [0.5, 0.6) is 11.5 Å². The van der Waals surface area contributed by atoms with Crippen LogP contribution in [0, 0.1) is 5.82 Å². The first-order chi connectivity index (χ1) is 12.6. The Morgan fingerprint density at radius 1 is 1.12 bits per heavy atom. The van der Waals surface area contributed by atoms with E-state index in [2.05, 4.69) is 10.4 Å². The highest BCUT2D eigenvalue weighted by molar-refractivity contribution is 6.04. The second kappa shape index (κ2) is 7.69. The highest BCUT2D eigenvalue weighted by Crippen LogP contribution is 2.23. The lowest BCUT2D eigenvalue weighted by molar-refractivity contribution is 0.102. The summed E-state index contributed by atoms with van der Waals surface area (Å²) in [7, 11) is 3.05. The second-order valence-corrected chi connectivity index (χ2v) is 5.61. The van der Waals surface area contributed by atoms with Crippen LogP contribution in [0.4, 0.5) is 10.1 Å². The standard InChI is InChI=1S/C19H18FN3O3/c1-25-17-7-14(8-18(9-17)26-2)19(24)22-16-10-21-23(12-16)11-13-3-5-15(20)6-4-13/h3-10,12H,11H2,1-2H3,(H,22,24). The van der Waals surface area contributed by atoms with Crippen molar-refractivity contribution in [1.29, 1.82) is 0 Å². The molecule has 0 saturated heterocycles. The summed E-state index contributed by atoms with van der Waals surface area (Å²) >= 11 is 0. The fourth-order valence-electron chi connectivity index (χ4n) is 2.43. The molecule has 2 aromatic carbocycles. The van der Waals surface area contributed by atoms with Crippen molar-refractivity contribution in [2.24, 2.45) is 0 Å². The number of anilines is 1. The number of nitrogens with one attached hydrogen (secondary N) is 1. The number of benzene rings is 2. The average molecular weight is 355 g/mol. The van der Waals surface area contributed by atoms with Gasteiger partial charge in [-0.05, 0) is 29.8 Å². The molecule has 3 aromatic rings. The quantitative estimate of drug-likeness (QED) is 0.736. The van der Waals surface area contributed by atoms with Gasteiger partial charge < -0.3 is 14.8 Å². The van der Waals surface area contributed by atoms with Gasteiger partial charge in [0.15, 0.2) is 0 Å². The Kier molecular flexibility index (Phi) is 5.17. The number of ether oxygens (including phenoxy) is 2. The molecule has 0 aliphatic carbocycles. The van der Waals surface area contributed by atoms with Crippen molar-refractivity contribution >= 4 is 11.6 Å². The highest BCUT2D eigenvalue weighted by Gasteiger charge is 2.11. The van der Waals surface area contributed by atoms with Crippen LogP contribution in [0.15, 0.2) is 54.9 Å². The molecule has 0 spiro atoms. The molecule has 7 heteroatoms. The van der Waals surface area contributed by atoms with E-state index in [0.29, 0.717) is 29.3 Å². The number of hydrogen-bond acceptors (Lipinski definition) is 4. The summed E-state index contributed by atoms with van der Waals surface area (Å²) in [4.78, 5) is 12.5. The maximum atomic E-state index is 13.0. The summed E-state index contributed by atoms with van der Waals surface area (Å²) in [6, 6.07) is 11.1. The number of carbonyl (C=O) groups excluding carboxylic acids is 1. The Morgan fingerprint density at radius 2 is 1.77 bits per heavy atom. The topological polar surface area (TPSA) is 65.4 Å². The van der Waals surface area contributed by atoms with E-state index in [1.165, 1.54) is 26.4 Å². The van der Waals surface area contributed by atoms with E-state index < -0.39 is 0 Å².